The van der Waals surface area contributed by atoms with Crippen molar-refractivity contribution >= 4 is 46.1 Å². The van der Waals surface area contributed by atoms with E-state index in [1.165, 1.54) is 23.5 Å². The molecular formula is C8H5N3OS2. The number of amides is 1. The van der Waals surface area contributed by atoms with Gasteiger partial charge in [0.1, 0.15) is 11.0 Å². The number of rotatable bonds is 0. The molecule has 4 nitrogen and oxygen atoms in total. The first kappa shape index (κ1) is 8.19. The second kappa shape index (κ2) is 2.93. The topological polar surface area (TPSA) is 54.9 Å². The molecular weight excluding hydrogens is 218 g/mol. The summed E-state index contributed by atoms with van der Waals surface area (Å²) in [7, 11) is 0. The van der Waals surface area contributed by atoms with E-state index in [-0.39, 0.29) is 5.91 Å². The van der Waals surface area contributed by atoms with Crippen LogP contribution in [0.4, 0.5) is 5.69 Å². The minimum absolute atomic E-state index is 0.0306. The zero-order valence-corrected chi connectivity index (χ0v) is 8.61. The maximum absolute atomic E-state index is 11.2. The molecule has 0 unspecified atom stereocenters. The van der Waals surface area contributed by atoms with Gasteiger partial charge in [0.2, 0.25) is 5.91 Å². The lowest BCUT2D eigenvalue weighted by atomic mass is 10.2. The van der Waals surface area contributed by atoms with Gasteiger partial charge in [0.15, 0.2) is 0 Å². The Morgan fingerprint density at radius 2 is 2.29 bits per heavy atom. The quantitative estimate of drug-likeness (QED) is 0.739. The number of fused-ring (bicyclic) bond motifs is 3. The minimum Gasteiger partial charge on any atom is -0.322 e. The van der Waals surface area contributed by atoms with Crippen LogP contribution >= 0.6 is 23.5 Å². The number of hydrogen-bond acceptors (Lipinski definition) is 5. The molecule has 1 aromatic heterocycles. The van der Waals surface area contributed by atoms with E-state index in [2.05, 4.69) is 14.1 Å². The summed E-state index contributed by atoms with van der Waals surface area (Å²) in [6, 6.07) is 3.91. The average Bonchev–Trinajstić information content (AvgIpc) is 2.65. The molecule has 0 fully saturated rings. The maximum Gasteiger partial charge on any atom is 0.234 e. The lowest BCUT2D eigenvalue weighted by molar-refractivity contribution is -0.113. The number of anilines is 1. The van der Waals surface area contributed by atoms with E-state index in [0.29, 0.717) is 5.75 Å². The van der Waals surface area contributed by atoms with Gasteiger partial charge in [0.25, 0.3) is 0 Å². The van der Waals surface area contributed by atoms with Crippen molar-refractivity contribution in [1.82, 2.24) is 8.75 Å². The van der Waals surface area contributed by atoms with Crippen molar-refractivity contribution in [3.63, 3.8) is 0 Å². The van der Waals surface area contributed by atoms with E-state index < -0.39 is 0 Å². The van der Waals surface area contributed by atoms with E-state index >= 15 is 0 Å². The Morgan fingerprint density at radius 1 is 1.36 bits per heavy atom. The molecule has 0 aliphatic carbocycles. The summed E-state index contributed by atoms with van der Waals surface area (Å²) < 4.78 is 8.29. The van der Waals surface area contributed by atoms with Crippen LogP contribution in [0.15, 0.2) is 17.0 Å². The molecule has 1 aromatic carbocycles. The maximum atomic E-state index is 11.2. The summed E-state index contributed by atoms with van der Waals surface area (Å²) in [5, 5.41) is 2.83. The first-order valence-electron chi connectivity index (χ1n) is 4.02. The largest absolute Gasteiger partial charge is 0.322 e. The van der Waals surface area contributed by atoms with E-state index in [4.69, 9.17) is 0 Å². The van der Waals surface area contributed by atoms with Crippen LogP contribution in [0.5, 0.6) is 0 Å². The third-order valence-electron chi connectivity index (χ3n) is 2.01. The van der Waals surface area contributed by atoms with Crippen molar-refractivity contribution in [1.29, 1.82) is 0 Å². The molecule has 1 amide bonds. The fraction of sp³-hybridized carbons (Fsp3) is 0.125. The minimum atomic E-state index is 0.0306. The molecule has 3 rings (SSSR count). The highest BCUT2D eigenvalue weighted by molar-refractivity contribution is 8.00. The fourth-order valence-corrected chi connectivity index (χ4v) is 2.75. The lowest BCUT2D eigenvalue weighted by Gasteiger charge is -2.15. The third kappa shape index (κ3) is 1.11. The Labute approximate surface area is 88.0 Å². The summed E-state index contributed by atoms with van der Waals surface area (Å²) in [5.74, 6) is 0.513. The molecule has 14 heavy (non-hydrogen) atoms. The zero-order valence-electron chi connectivity index (χ0n) is 6.98. The predicted octanol–water partition coefficient (Wildman–Crippen LogP) is 1.74. The van der Waals surface area contributed by atoms with Crippen LogP contribution in [0.25, 0.3) is 11.0 Å². The van der Waals surface area contributed by atoms with Crippen LogP contribution in [0.2, 0.25) is 0 Å². The van der Waals surface area contributed by atoms with E-state index in [1.807, 2.05) is 12.1 Å². The zero-order chi connectivity index (χ0) is 9.54. The molecule has 0 saturated carbocycles. The summed E-state index contributed by atoms with van der Waals surface area (Å²) in [4.78, 5) is 12.3. The summed E-state index contributed by atoms with van der Waals surface area (Å²) >= 11 is 2.71. The van der Waals surface area contributed by atoms with Gasteiger partial charge in [-0.1, -0.05) is 0 Å². The highest BCUT2D eigenvalue weighted by atomic mass is 32.2. The SMILES string of the molecule is O=C1CSc2ccc3nsnc3c2N1. The number of nitrogens with zero attached hydrogens (tertiary/aromatic N) is 2. The molecule has 0 atom stereocenters. The number of carbonyl (C=O) groups is 1. The Morgan fingerprint density at radius 3 is 3.21 bits per heavy atom. The van der Waals surface area contributed by atoms with Crippen molar-refractivity contribution in [3.05, 3.63) is 12.1 Å². The van der Waals surface area contributed by atoms with Crippen LogP contribution in [-0.2, 0) is 4.79 Å². The van der Waals surface area contributed by atoms with Crippen molar-refractivity contribution < 1.29 is 4.79 Å². The van der Waals surface area contributed by atoms with Crippen molar-refractivity contribution in [3.8, 4) is 0 Å². The molecule has 0 bridgehead atoms. The Hall–Kier alpha value is -1.14. The molecule has 1 aliphatic heterocycles. The molecule has 6 heteroatoms. The highest BCUT2D eigenvalue weighted by Crippen LogP contribution is 2.36. The standard InChI is InChI=1S/C8H5N3OS2/c12-6-3-13-5-2-1-4-7(8(5)9-6)11-14-10-4/h1-2H,3H2,(H,9,12). The molecule has 0 spiro atoms. The summed E-state index contributed by atoms with van der Waals surface area (Å²) in [6.45, 7) is 0. The first-order valence-corrected chi connectivity index (χ1v) is 5.74. The fourth-order valence-electron chi connectivity index (χ4n) is 1.39. The molecule has 1 aliphatic rings. The van der Waals surface area contributed by atoms with Gasteiger partial charge in [-0.2, -0.15) is 8.75 Å². The van der Waals surface area contributed by atoms with Crippen LogP contribution in [0.3, 0.4) is 0 Å². The second-order valence-corrected chi connectivity index (χ2v) is 4.45. The second-order valence-electron chi connectivity index (χ2n) is 2.91. The number of thioether (sulfide) groups is 1. The van der Waals surface area contributed by atoms with E-state index in [9.17, 15) is 4.79 Å². The van der Waals surface area contributed by atoms with Gasteiger partial charge in [-0.3, -0.25) is 4.79 Å². The van der Waals surface area contributed by atoms with Crippen LogP contribution in [0, 0.1) is 0 Å². The Bertz CT molecular complexity index is 522. The van der Waals surface area contributed by atoms with Gasteiger partial charge in [0, 0.05) is 4.90 Å². The third-order valence-corrected chi connectivity index (χ3v) is 3.61. The normalized spacial score (nSPS) is 15.3. The molecule has 1 N–H and O–H groups in total. The first-order chi connectivity index (χ1) is 6.84. The van der Waals surface area contributed by atoms with Gasteiger partial charge >= 0.3 is 0 Å². The number of nitrogens with one attached hydrogen (secondary N) is 1. The van der Waals surface area contributed by atoms with E-state index in [0.717, 1.165) is 21.6 Å². The number of aromatic nitrogens is 2. The monoisotopic (exact) mass is 223 g/mol. The molecule has 70 valence electrons. The van der Waals surface area contributed by atoms with Crippen molar-refractivity contribution in [2.24, 2.45) is 0 Å². The molecule has 0 radical (unpaired) electrons. The van der Waals surface area contributed by atoms with Gasteiger partial charge in [0.05, 0.1) is 23.2 Å². The molecule has 2 aromatic rings. The van der Waals surface area contributed by atoms with Crippen LogP contribution in [-0.4, -0.2) is 20.4 Å². The van der Waals surface area contributed by atoms with Crippen LogP contribution < -0.4 is 5.32 Å². The lowest BCUT2D eigenvalue weighted by Crippen LogP contribution is -2.18. The number of carbonyl (C=O) groups excluding carboxylic acids is 1. The summed E-state index contributed by atoms with van der Waals surface area (Å²) in [6.07, 6.45) is 0. The number of hydrogen-bond donors (Lipinski definition) is 1. The highest BCUT2D eigenvalue weighted by Gasteiger charge is 2.19. The van der Waals surface area contributed by atoms with Crippen LogP contribution in [0.1, 0.15) is 0 Å². The van der Waals surface area contributed by atoms with Gasteiger partial charge in [-0.15, -0.1) is 11.8 Å². The Balaban J connectivity index is 2.31. The average molecular weight is 223 g/mol. The molecule has 2 heterocycles. The smallest absolute Gasteiger partial charge is 0.234 e. The molecule has 0 saturated heterocycles. The van der Waals surface area contributed by atoms with Gasteiger partial charge in [-0.05, 0) is 12.1 Å². The predicted molar refractivity (Wildman–Crippen MR) is 56.8 cm³/mol. The van der Waals surface area contributed by atoms with Crippen molar-refractivity contribution in [2.45, 2.75) is 4.90 Å². The van der Waals surface area contributed by atoms with Gasteiger partial charge < -0.3 is 5.32 Å². The van der Waals surface area contributed by atoms with Gasteiger partial charge in [-0.25, -0.2) is 0 Å². The van der Waals surface area contributed by atoms with E-state index in [1.54, 1.807) is 0 Å². The number of benzene rings is 1. The summed E-state index contributed by atoms with van der Waals surface area (Å²) in [5.41, 5.74) is 2.46. The Kier molecular flexibility index (Phi) is 1.71. The van der Waals surface area contributed by atoms with Crippen molar-refractivity contribution in [2.75, 3.05) is 11.1 Å².